The number of carbonyl (C=O) groups is 1. The number of H-pyrrole nitrogens is 1. The van der Waals surface area contributed by atoms with E-state index in [1.165, 1.54) is 5.39 Å². The molecule has 0 saturated carbocycles. The van der Waals surface area contributed by atoms with Gasteiger partial charge in [-0.05, 0) is 48.0 Å². The Labute approximate surface area is 151 Å². The molecule has 4 rings (SSSR count). The maximum atomic E-state index is 12.4. The Bertz CT molecular complexity index is 1030. The van der Waals surface area contributed by atoms with Crippen molar-refractivity contribution in [1.82, 2.24) is 4.98 Å². The lowest BCUT2D eigenvalue weighted by molar-refractivity contribution is 0.102. The van der Waals surface area contributed by atoms with E-state index in [2.05, 4.69) is 28.5 Å². The van der Waals surface area contributed by atoms with Crippen molar-refractivity contribution in [3.8, 4) is 17.0 Å². The molecule has 0 radical (unpaired) electrons. The third-order valence-corrected chi connectivity index (χ3v) is 4.32. The van der Waals surface area contributed by atoms with Gasteiger partial charge in [-0.1, -0.05) is 36.4 Å². The lowest BCUT2D eigenvalue weighted by Gasteiger charge is -2.07. The molecular weight excluding hydrogens is 324 g/mol. The van der Waals surface area contributed by atoms with Crippen molar-refractivity contribution < 1.29 is 9.53 Å². The van der Waals surface area contributed by atoms with Crippen molar-refractivity contribution in [2.24, 2.45) is 0 Å². The Balaban J connectivity index is 1.53. The first-order valence-corrected chi connectivity index (χ1v) is 8.36. The number of ether oxygens (including phenoxy) is 1. The predicted octanol–water partition coefficient (Wildman–Crippen LogP) is 5.10. The van der Waals surface area contributed by atoms with Crippen molar-refractivity contribution in [1.29, 1.82) is 0 Å². The van der Waals surface area contributed by atoms with Gasteiger partial charge >= 0.3 is 0 Å². The first-order valence-electron chi connectivity index (χ1n) is 8.36. The summed E-state index contributed by atoms with van der Waals surface area (Å²) in [6.07, 6.45) is 0. The van der Waals surface area contributed by atoms with Crippen LogP contribution in [0.15, 0.2) is 78.9 Å². The standard InChI is InChI=1S/C22H18N2O2/c1-26-19-7-4-6-17(13-19)22(25)23-18-11-9-15(10-12-18)21-14-16-5-2-3-8-20(16)24-21/h2-14,24H,1H3,(H,23,25). The molecule has 0 spiro atoms. The van der Waals surface area contributed by atoms with Crippen LogP contribution in [0.4, 0.5) is 5.69 Å². The van der Waals surface area contributed by atoms with Gasteiger partial charge in [0, 0.05) is 27.8 Å². The van der Waals surface area contributed by atoms with E-state index in [1.54, 1.807) is 25.3 Å². The van der Waals surface area contributed by atoms with Gasteiger partial charge in [-0.3, -0.25) is 4.79 Å². The number of nitrogens with one attached hydrogen (secondary N) is 2. The van der Waals surface area contributed by atoms with E-state index in [1.807, 2.05) is 42.5 Å². The fraction of sp³-hybridized carbons (Fsp3) is 0.0455. The van der Waals surface area contributed by atoms with Gasteiger partial charge < -0.3 is 15.0 Å². The molecule has 0 atom stereocenters. The van der Waals surface area contributed by atoms with Gasteiger partial charge in [-0.2, -0.15) is 0 Å². The number of methoxy groups -OCH3 is 1. The number of amides is 1. The summed E-state index contributed by atoms with van der Waals surface area (Å²) in [5.74, 6) is 0.495. The van der Waals surface area contributed by atoms with Gasteiger partial charge in [0.2, 0.25) is 0 Å². The third-order valence-electron chi connectivity index (χ3n) is 4.32. The molecule has 1 heterocycles. The fourth-order valence-electron chi connectivity index (χ4n) is 2.93. The van der Waals surface area contributed by atoms with Crippen molar-refractivity contribution >= 4 is 22.5 Å². The highest BCUT2D eigenvalue weighted by Crippen LogP contribution is 2.25. The minimum Gasteiger partial charge on any atom is -0.497 e. The van der Waals surface area contributed by atoms with Gasteiger partial charge in [0.25, 0.3) is 5.91 Å². The number of para-hydroxylation sites is 1. The Morgan fingerprint density at radius 3 is 2.50 bits per heavy atom. The van der Waals surface area contributed by atoms with E-state index in [4.69, 9.17) is 4.74 Å². The summed E-state index contributed by atoms with van der Waals surface area (Å²) in [5, 5.41) is 4.09. The van der Waals surface area contributed by atoms with E-state index in [0.717, 1.165) is 22.5 Å². The minimum absolute atomic E-state index is 0.165. The first-order chi connectivity index (χ1) is 12.7. The second kappa shape index (κ2) is 6.76. The molecule has 4 nitrogen and oxygen atoms in total. The van der Waals surface area contributed by atoms with Gasteiger partial charge in [0.05, 0.1) is 7.11 Å². The minimum atomic E-state index is -0.165. The number of hydrogen-bond acceptors (Lipinski definition) is 2. The second-order valence-corrected chi connectivity index (χ2v) is 6.03. The van der Waals surface area contributed by atoms with E-state index in [9.17, 15) is 4.79 Å². The average molecular weight is 342 g/mol. The monoisotopic (exact) mass is 342 g/mol. The summed E-state index contributed by atoms with van der Waals surface area (Å²) in [6.45, 7) is 0. The molecular formula is C22H18N2O2. The number of benzene rings is 3. The number of fused-ring (bicyclic) bond motifs is 1. The average Bonchev–Trinajstić information content (AvgIpc) is 3.13. The highest BCUT2D eigenvalue weighted by Gasteiger charge is 2.08. The number of aromatic nitrogens is 1. The molecule has 1 aromatic heterocycles. The first kappa shape index (κ1) is 16.0. The van der Waals surface area contributed by atoms with Crippen molar-refractivity contribution in [2.75, 3.05) is 12.4 Å². The van der Waals surface area contributed by atoms with Crippen LogP contribution in [0.5, 0.6) is 5.75 Å². The van der Waals surface area contributed by atoms with Crippen LogP contribution in [0.1, 0.15) is 10.4 Å². The molecule has 0 saturated heterocycles. The Morgan fingerprint density at radius 1 is 0.923 bits per heavy atom. The molecule has 4 aromatic rings. The quantitative estimate of drug-likeness (QED) is 0.542. The molecule has 0 aliphatic heterocycles. The van der Waals surface area contributed by atoms with Crippen molar-refractivity contribution in [2.45, 2.75) is 0 Å². The molecule has 4 heteroatoms. The summed E-state index contributed by atoms with van der Waals surface area (Å²) < 4.78 is 5.16. The van der Waals surface area contributed by atoms with E-state index in [0.29, 0.717) is 11.3 Å². The zero-order valence-electron chi connectivity index (χ0n) is 14.3. The molecule has 0 aliphatic carbocycles. The smallest absolute Gasteiger partial charge is 0.255 e. The molecule has 0 unspecified atom stereocenters. The summed E-state index contributed by atoms with van der Waals surface area (Å²) >= 11 is 0. The molecule has 1 amide bonds. The maximum Gasteiger partial charge on any atom is 0.255 e. The topological polar surface area (TPSA) is 54.1 Å². The normalized spacial score (nSPS) is 10.7. The zero-order valence-corrected chi connectivity index (χ0v) is 14.3. The van der Waals surface area contributed by atoms with Gasteiger partial charge in [0.1, 0.15) is 5.75 Å². The van der Waals surface area contributed by atoms with Crippen LogP contribution in [0.2, 0.25) is 0 Å². The number of carbonyl (C=O) groups excluding carboxylic acids is 1. The van der Waals surface area contributed by atoms with Crippen molar-refractivity contribution in [3.05, 3.63) is 84.4 Å². The van der Waals surface area contributed by atoms with Crippen LogP contribution in [0.25, 0.3) is 22.2 Å². The van der Waals surface area contributed by atoms with E-state index in [-0.39, 0.29) is 5.91 Å². The maximum absolute atomic E-state index is 12.4. The van der Waals surface area contributed by atoms with Crippen LogP contribution in [0.3, 0.4) is 0 Å². The number of rotatable bonds is 4. The fourth-order valence-corrected chi connectivity index (χ4v) is 2.93. The van der Waals surface area contributed by atoms with Crippen LogP contribution in [-0.2, 0) is 0 Å². The van der Waals surface area contributed by atoms with Crippen LogP contribution < -0.4 is 10.1 Å². The van der Waals surface area contributed by atoms with E-state index < -0.39 is 0 Å². The Morgan fingerprint density at radius 2 is 1.73 bits per heavy atom. The molecule has 0 fully saturated rings. The van der Waals surface area contributed by atoms with Gasteiger partial charge in [0.15, 0.2) is 0 Å². The molecule has 0 aliphatic rings. The molecule has 2 N–H and O–H groups in total. The van der Waals surface area contributed by atoms with Crippen molar-refractivity contribution in [3.63, 3.8) is 0 Å². The number of hydrogen-bond donors (Lipinski definition) is 2. The van der Waals surface area contributed by atoms with E-state index >= 15 is 0 Å². The summed E-state index contributed by atoms with van der Waals surface area (Å²) in [6, 6.07) is 25.2. The highest BCUT2D eigenvalue weighted by molar-refractivity contribution is 6.04. The summed E-state index contributed by atoms with van der Waals surface area (Å²) in [7, 11) is 1.58. The molecule has 26 heavy (non-hydrogen) atoms. The number of aromatic amines is 1. The van der Waals surface area contributed by atoms with Crippen LogP contribution in [0, 0.1) is 0 Å². The largest absolute Gasteiger partial charge is 0.497 e. The van der Waals surface area contributed by atoms with Gasteiger partial charge in [-0.25, -0.2) is 0 Å². The van der Waals surface area contributed by atoms with Crippen LogP contribution >= 0.6 is 0 Å². The van der Waals surface area contributed by atoms with Gasteiger partial charge in [-0.15, -0.1) is 0 Å². The zero-order chi connectivity index (χ0) is 17.9. The SMILES string of the molecule is COc1cccc(C(=O)Nc2ccc(-c3cc4ccccc4[nH]3)cc2)c1. The third kappa shape index (κ3) is 3.17. The predicted molar refractivity (Wildman–Crippen MR) is 105 cm³/mol. The lowest BCUT2D eigenvalue weighted by atomic mass is 10.1. The summed E-state index contributed by atoms with van der Waals surface area (Å²) in [5.41, 5.74) is 4.54. The molecule has 0 bridgehead atoms. The lowest BCUT2D eigenvalue weighted by Crippen LogP contribution is -2.11. The second-order valence-electron chi connectivity index (χ2n) is 6.03. The molecule has 128 valence electrons. The summed E-state index contributed by atoms with van der Waals surface area (Å²) in [4.78, 5) is 15.8. The Kier molecular flexibility index (Phi) is 4.15. The highest BCUT2D eigenvalue weighted by atomic mass is 16.5. The Hall–Kier alpha value is -3.53. The van der Waals surface area contributed by atoms with Crippen LogP contribution in [-0.4, -0.2) is 18.0 Å². The molecule has 3 aromatic carbocycles. The number of anilines is 1.